The van der Waals surface area contributed by atoms with E-state index in [9.17, 15) is 17.6 Å². The molecule has 1 atom stereocenters. The smallest absolute Gasteiger partial charge is 0.314 e. The molecule has 0 bridgehead atoms. The predicted molar refractivity (Wildman–Crippen MR) is 80.6 cm³/mol. The molecule has 0 radical (unpaired) electrons. The standard InChI is InChI=1S/C15H18F4N2.ClH/c1-2-3-14(21-8-6-20-7-9-21)12-10-11(16)4-5-13(12)15(17,18)19;/h2,4-5,10,14,20H,1,3,6-9H2;1H/t14-;/m0./s1. The number of alkyl halides is 3. The largest absolute Gasteiger partial charge is 0.416 e. The summed E-state index contributed by atoms with van der Waals surface area (Å²) >= 11 is 0. The third-order valence-corrected chi connectivity index (χ3v) is 3.66. The van der Waals surface area contributed by atoms with Crippen molar-refractivity contribution in [1.29, 1.82) is 0 Å². The van der Waals surface area contributed by atoms with Crippen molar-refractivity contribution in [3.63, 3.8) is 0 Å². The molecule has 0 saturated carbocycles. The Bertz CT molecular complexity index is 499. The second kappa shape index (κ2) is 7.94. The van der Waals surface area contributed by atoms with Crippen molar-refractivity contribution in [3.8, 4) is 0 Å². The van der Waals surface area contributed by atoms with Gasteiger partial charge in [-0.2, -0.15) is 13.2 Å². The Hall–Kier alpha value is -1.11. The van der Waals surface area contributed by atoms with Gasteiger partial charge in [-0.05, 0) is 30.2 Å². The minimum absolute atomic E-state index is 0. The van der Waals surface area contributed by atoms with E-state index in [1.807, 2.05) is 4.90 Å². The van der Waals surface area contributed by atoms with Crippen molar-refractivity contribution in [2.75, 3.05) is 26.2 Å². The lowest BCUT2D eigenvalue weighted by atomic mass is 9.95. The van der Waals surface area contributed by atoms with E-state index in [-0.39, 0.29) is 18.0 Å². The summed E-state index contributed by atoms with van der Waals surface area (Å²) in [7, 11) is 0. The number of benzene rings is 1. The molecule has 7 heteroatoms. The van der Waals surface area contributed by atoms with Crippen molar-refractivity contribution in [3.05, 3.63) is 47.8 Å². The fourth-order valence-electron chi connectivity index (χ4n) is 2.69. The third kappa shape index (κ3) is 4.44. The van der Waals surface area contributed by atoms with E-state index < -0.39 is 23.6 Å². The van der Waals surface area contributed by atoms with E-state index in [1.54, 1.807) is 6.08 Å². The predicted octanol–water partition coefficient (Wildman–Crippen LogP) is 3.79. The second-order valence-electron chi connectivity index (χ2n) is 5.06. The van der Waals surface area contributed by atoms with Crippen LogP contribution in [0.4, 0.5) is 17.6 Å². The second-order valence-corrected chi connectivity index (χ2v) is 5.06. The molecule has 1 saturated heterocycles. The monoisotopic (exact) mass is 338 g/mol. The molecule has 0 spiro atoms. The van der Waals surface area contributed by atoms with Crippen molar-refractivity contribution < 1.29 is 17.6 Å². The van der Waals surface area contributed by atoms with Gasteiger partial charge in [0.15, 0.2) is 0 Å². The quantitative estimate of drug-likeness (QED) is 0.664. The zero-order valence-corrected chi connectivity index (χ0v) is 12.8. The summed E-state index contributed by atoms with van der Waals surface area (Å²) in [4.78, 5) is 1.95. The third-order valence-electron chi connectivity index (χ3n) is 3.66. The van der Waals surface area contributed by atoms with Crippen LogP contribution in [0.2, 0.25) is 0 Å². The Balaban J connectivity index is 0.00000242. The zero-order valence-electron chi connectivity index (χ0n) is 12.0. The molecule has 0 unspecified atom stereocenters. The van der Waals surface area contributed by atoms with E-state index in [0.29, 0.717) is 32.6 Å². The van der Waals surface area contributed by atoms with Crippen molar-refractivity contribution in [1.82, 2.24) is 10.2 Å². The number of rotatable bonds is 4. The number of nitrogens with zero attached hydrogens (tertiary/aromatic N) is 1. The summed E-state index contributed by atoms with van der Waals surface area (Å²) < 4.78 is 53.0. The maximum atomic E-state index is 13.5. The number of hydrogen-bond donors (Lipinski definition) is 1. The average molecular weight is 339 g/mol. The Morgan fingerprint density at radius 1 is 1.27 bits per heavy atom. The van der Waals surface area contributed by atoms with Gasteiger partial charge in [0, 0.05) is 32.2 Å². The van der Waals surface area contributed by atoms with Crippen LogP contribution in [0.15, 0.2) is 30.9 Å². The first kappa shape index (κ1) is 18.9. The molecular weight excluding hydrogens is 320 g/mol. The maximum absolute atomic E-state index is 13.5. The van der Waals surface area contributed by atoms with Gasteiger partial charge in [0.1, 0.15) is 5.82 Å². The first-order valence-electron chi connectivity index (χ1n) is 6.86. The van der Waals surface area contributed by atoms with E-state index in [4.69, 9.17) is 0 Å². The number of halogens is 5. The molecule has 0 aliphatic carbocycles. The minimum atomic E-state index is -4.49. The van der Waals surface area contributed by atoms with Crippen LogP contribution in [-0.2, 0) is 6.18 Å². The maximum Gasteiger partial charge on any atom is 0.416 e. The van der Waals surface area contributed by atoms with E-state index in [1.165, 1.54) is 0 Å². The Morgan fingerprint density at radius 3 is 2.45 bits per heavy atom. The SMILES string of the molecule is C=CC[C@@H](c1cc(F)ccc1C(F)(F)F)N1CCNCC1.Cl. The van der Waals surface area contributed by atoms with E-state index in [0.717, 1.165) is 18.2 Å². The summed E-state index contributed by atoms with van der Waals surface area (Å²) in [5.74, 6) is -0.651. The molecule has 1 N–H and O–H groups in total. The molecule has 2 rings (SSSR count). The Labute approximate surface area is 133 Å². The highest BCUT2D eigenvalue weighted by Crippen LogP contribution is 2.38. The van der Waals surface area contributed by atoms with Gasteiger partial charge in [-0.1, -0.05) is 6.08 Å². The minimum Gasteiger partial charge on any atom is -0.314 e. The molecule has 1 aliphatic rings. The van der Waals surface area contributed by atoms with Crippen molar-refractivity contribution in [2.45, 2.75) is 18.6 Å². The Morgan fingerprint density at radius 2 is 1.91 bits per heavy atom. The lowest BCUT2D eigenvalue weighted by Gasteiger charge is -2.35. The lowest BCUT2D eigenvalue weighted by Crippen LogP contribution is -2.45. The molecule has 1 fully saturated rings. The van der Waals surface area contributed by atoms with Gasteiger partial charge in [-0.3, -0.25) is 4.90 Å². The van der Waals surface area contributed by atoms with Gasteiger partial charge >= 0.3 is 6.18 Å². The fraction of sp³-hybridized carbons (Fsp3) is 0.467. The van der Waals surface area contributed by atoms with Crippen LogP contribution in [-0.4, -0.2) is 31.1 Å². The summed E-state index contributed by atoms with van der Waals surface area (Å²) in [6.07, 6.45) is -2.55. The van der Waals surface area contributed by atoms with Crippen LogP contribution in [0.1, 0.15) is 23.6 Å². The summed E-state index contributed by atoms with van der Waals surface area (Å²) in [5, 5.41) is 3.16. The first-order chi connectivity index (χ1) is 9.93. The topological polar surface area (TPSA) is 15.3 Å². The van der Waals surface area contributed by atoms with Crippen LogP contribution in [0.5, 0.6) is 0 Å². The summed E-state index contributed by atoms with van der Waals surface area (Å²) in [6, 6.07) is 2.17. The van der Waals surface area contributed by atoms with Gasteiger partial charge in [0.25, 0.3) is 0 Å². The first-order valence-corrected chi connectivity index (χ1v) is 6.86. The molecular formula is C15H19ClF4N2. The van der Waals surface area contributed by atoms with Crippen molar-refractivity contribution >= 4 is 12.4 Å². The van der Waals surface area contributed by atoms with Crippen molar-refractivity contribution in [2.24, 2.45) is 0 Å². The number of hydrogen-bond acceptors (Lipinski definition) is 2. The van der Waals surface area contributed by atoms with Crippen LogP contribution < -0.4 is 5.32 Å². The fourth-order valence-corrected chi connectivity index (χ4v) is 2.69. The van der Waals surface area contributed by atoms with E-state index in [2.05, 4.69) is 11.9 Å². The summed E-state index contributed by atoms with van der Waals surface area (Å²) in [5.41, 5.74) is -0.779. The molecule has 0 amide bonds. The summed E-state index contributed by atoms with van der Waals surface area (Å²) in [6.45, 7) is 6.31. The molecule has 124 valence electrons. The average Bonchev–Trinajstić information content (AvgIpc) is 2.44. The van der Waals surface area contributed by atoms with Gasteiger partial charge < -0.3 is 5.32 Å². The van der Waals surface area contributed by atoms with Gasteiger partial charge in [0.05, 0.1) is 5.56 Å². The molecule has 22 heavy (non-hydrogen) atoms. The Kier molecular flexibility index (Phi) is 6.84. The lowest BCUT2D eigenvalue weighted by molar-refractivity contribution is -0.138. The molecule has 0 aromatic heterocycles. The van der Waals surface area contributed by atoms with Crippen LogP contribution in [0.25, 0.3) is 0 Å². The van der Waals surface area contributed by atoms with Crippen LogP contribution in [0.3, 0.4) is 0 Å². The van der Waals surface area contributed by atoms with Crippen LogP contribution >= 0.6 is 12.4 Å². The highest BCUT2D eigenvalue weighted by atomic mass is 35.5. The number of piperazine rings is 1. The van der Waals surface area contributed by atoms with E-state index >= 15 is 0 Å². The highest BCUT2D eigenvalue weighted by molar-refractivity contribution is 5.85. The zero-order chi connectivity index (χ0) is 15.5. The van der Waals surface area contributed by atoms with Crippen LogP contribution in [0, 0.1) is 5.82 Å². The van der Waals surface area contributed by atoms with Gasteiger partial charge in [-0.15, -0.1) is 19.0 Å². The molecule has 1 heterocycles. The highest BCUT2D eigenvalue weighted by Gasteiger charge is 2.36. The van der Waals surface area contributed by atoms with Gasteiger partial charge in [0.2, 0.25) is 0 Å². The normalized spacial score (nSPS) is 17.6. The molecule has 2 nitrogen and oxygen atoms in total. The number of nitrogens with one attached hydrogen (secondary N) is 1. The molecule has 1 aliphatic heterocycles. The van der Waals surface area contributed by atoms with Gasteiger partial charge in [-0.25, -0.2) is 4.39 Å². The molecule has 1 aromatic carbocycles. The molecule has 1 aromatic rings.